The van der Waals surface area contributed by atoms with Crippen molar-refractivity contribution in [1.82, 2.24) is 15.2 Å². The van der Waals surface area contributed by atoms with E-state index in [1.54, 1.807) is 12.4 Å². The highest BCUT2D eigenvalue weighted by atomic mass is 16.2. The van der Waals surface area contributed by atoms with Crippen LogP contribution in [0.3, 0.4) is 0 Å². The zero-order valence-electron chi connectivity index (χ0n) is 19.2. The van der Waals surface area contributed by atoms with Crippen molar-refractivity contribution in [3.8, 4) is 11.1 Å². The van der Waals surface area contributed by atoms with Crippen LogP contribution in [0, 0.1) is 11.3 Å². The first-order chi connectivity index (χ1) is 15.6. The fourth-order valence-electron chi connectivity index (χ4n) is 5.55. The minimum atomic E-state index is -0.595. The number of rotatable bonds is 7. The van der Waals surface area contributed by atoms with Crippen molar-refractivity contribution in [2.45, 2.75) is 58.3 Å². The molecule has 1 saturated carbocycles. The lowest BCUT2D eigenvalue weighted by atomic mass is 9.73. The third kappa shape index (κ3) is 5.03. The first kappa shape index (κ1) is 22.5. The molecule has 1 N–H and O–H groups in total. The lowest BCUT2D eigenvalue weighted by molar-refractivity contribution is -0.142. The second kappa shape index (κ2) is 10.3. The van der Waals surface area contributed by atoms with E-state index in [1.807, 2.05) is 36.1 Å². The molecule has 0 radical (unpaired) electrons. The van der Waals surface area contributed by atoms with Crippen molar-refractivity contribution in [2.75, 3.05) is 19.6 Å². The fourth-order valence-corrected chi connectivity index (χ4v) is 5.55. The molecule has 1 aliphatic heterocycles. The number of hydrogen-bond donors (Lipinski definition) is 1. The van der Waals surface area contributed by atoms with Gasteiger partial charge in [-0.3, -0.25) is 14.6 Å². The molecule has 170 valence electrons. The number of amides is 2. The molecule has 2 heterocycles. The molecule has 1 atom stereocenters. The molecule has 1 saturated heterocycles. The molecule has 0 spiro atoms. The molecule has 2 amide bonds. The van der Waals surface area contributed by atoms with E-state index in [0.717, 1.165) is 36.1 Å². The number of pyridine rings is 1. The summed E-state index contributed by atoms with van der Waals surface area (Å²) in [5, 5.41) is 3.08. The molecule has 0 unspecified atom stereocenters. The summed E-state index contributed by atoms with van der Waals surface area (Å²) in [6, 6.07) is 12.3. The van der Waals surface area contributed by atoms with Crippen LogP contribution < -0.4 is 5.32 Å². The van der Waals surface area contributed by atoms with Crippen molar-refractivity contribution >= 4 is 11.8 Å². The van der Waals surface area contributed by atoms with Crippen LogP contribution in [0.5, 0.6) is 0 Å². The molecule has 1 aliphatic carbocycles. The number of hydrogen-bond acceptors (Lipinski definition) is 3. The van der Waals surface area contributed by atoms with Crippen LogP contribution in [0.1, 0.15) is 57.4 Å². The van der Waals surface area contributed by atoms with Gasteiger partial charge < -0.3 is 10.2 Å². The molecule has 5 heteroatoms. The van der Waals surface area contributed by atoms with Crippen molar-refractivity contribution in [3.05, 3.63) is 54.4 Å². The number of likely N-dealkylation sites (tertiary alicyclic amines) is 1. The third-order valence-corrected chi connectivity index (χ3v) is 7.22. The molecular formula is C27H35N3O2. The summed E-state index contributed by atoms with van der Waals surface area (Å²) in [6.07, 6.45) is 11.4. The van der Waals surface area contributed by atoms with Gasteiger partial charge in [-0.05, 0) is 73.8 Å². The second-order valence-corrected chi connectivity index (χ2v) is 9.48. The van der Waals surface area contributed by atoms with Gasteiger partial charge in [0.05, 0.1) is 5.41 Å². The highest BCUT2D eigenvalue weighted by Gasteiger charge is 2.43. The van der Waals surface area contributed by atoms with E-state index in [4.69, 9.17) is 0 Å². The number of carbonyl (C=O) groups excluding carboxylic acids is 2. The predicted octanol–water partition coefficient (Wildman–Crippen LogP) is 4.62. The average molecular weight is 434 g/mol. The number of nitrogens with zero attached hydrogens (tertiary/aromatic N) is 2. The molecule has 1 aromatic heterocycles. The van der Waals surface area contributed by atoms with E-state index < -0.39 is 5.41 Å². The van der Waals surface area contributed by atoms with Gasteiger partial charge in [0.2, 0.25) is 11.8 Å². The Morgan fingerprint density at radius 3 is 2.59 bits per heavy atom. The summed E-state index contributed by atoms with van der Waals surface area (Å²) < 4.78 is 0. The molecule has 4 rings (SSSR count). The SMILES string of the molecule is CCNC(=O)[C@@]1(Cc2ccccc2-c2ccncc2)CCCN(C(=O)CC2CCCC2)C1. The number of nitrogens with one attached hydrogen (secondary N) is 1. The lowest BCUT2D eigenvalue weighted by Gasteiger charge is -2.42. The van der Waals surface area contributed by atoms with Gasteiger partial charge in [-0.15, -0.1) is 0 Å². The van der Waals surface area contributed by atoms with Crippen LogP contribution in [0.25, 0.3) is 11.1 Å². The molecule has 0 bridgehead atoms. The van der Waals surface area contributed by atoms with Gasteiger partial charge >= 0.3 is 0 Å². The molecule has 5 nitrogen and oxygen atoms in total. The van der Waals surface area contributed by atoms with E-state index in [9.17, 15) is 9.59 Å². The van der Waals surface area contributed by atoms with Crippen LogP contribution in [-0.4, -0.2) is 41.3 Å². The summed E-state index contributed by atoms with van der Waals surface area (Å²) in [5.41, 5.74) is 2.79. The van der Waals surface area contributed by atoms with Crippen LogP contribution in [0.2, 0.25) is 0 Å². The van der Waals surface area contributed by atoms with Crippen LogP contribution in [0.15, 0.2) is 48.8 Å². The first-order valence-electron chi connectivity index (χ1n) is 12.2. The number of piperidine rings is 1. The Hall–Kier alpha value is -2.69. The molecule has 2 aliphatic rings. The van der Waals surface area contributed by atoms with Crippen LogP contribution in [0.4, 0.5) is 0 Å². The number of aromatic nitrogens is 1. The van der Waals surface area contributed by atoms with Crippen molar-refractivity contribution in [2.24, 2.45) is 11.3 Å². The van der Waals surface area contributed by atoms with Crippen molar-refractivity contribution in [3.63, 3.8) is 0 Å². The monoisotopic (exact) mass is 433 g/mol. The fraction of sp³-hybridized carbons (Fsp3) is 0.519. The van der Waals surface area contributed by atoms with E-state index in [2.05, 4.69) is 22.4 Å². The third-order valence-electron chi connectivity index (χ3n) is 7.22. The molecule has 1 aromatic carbocycles. The Kier molecular flexibility index (Phi) is 7.23. The highest BCUT2D eigenvalue weighted by molar-refractivity contribution is 5.85. The number of benzene rings is 1. The van der Waals surface area contributed by atoms with Crippen LogP contribution >= 0.6 is 0 Å². The standard InChI is InChI=1S/C27H35N3O2/c1-2-29-26(32)27(14-7-17-30(20-27)25(31)18-21-8-3-4-9-21)19-23-10-5-6-11-24(23)22-12-15-28-16-13-22/h5-6,10-13,15-16,21H,2-4,7-9,14,17-20H2,1H3,(H,29,32)/t27-/m1/s1. The van der Waals surface area contributed by atoms with E-state index >= 15 is 0 Å². The second-order valence-electron chi connectivity index (χ2n) is 9.48. The van der Waals surface area contributed by atoms with Gasteiger partial charge in [0.15, 0.2) is 0 Å². The lowest BCUT2D eigenvalue weighted by Crippen LogP contribution is -2.54. The summed E-state index contributed by atoms with van der Waals surface area (Å²) in [4.78, 5) is 32.7. The molecule has 2 fully saturated rings. The summed E-state index contributed by atoms with van der Waals surface area (Å²) in [7, 11) is 0. The van der Waals surface area contributed by atoms with E-state index in [-0.39, 0.29) is 11.8 Å². The summed E-state index contributed by atoms with van der Waals surface area (Å²) >= 11 is 0. The highest BCUT2D eigenvalue weighted by Crippen LogP contribution is 2.38. The van der Waals surface area contributed by atoms with E-state index in [0.29, 0.717) is 31.8 Å². The topological polar surface area (TPSA) is 62.3 Å². The quantitative estimate of drug-likeness (QED) is 0.693. The average Bonchev–Trinajstić information content (AvgIpc) is 3.33. The first-order valence-corrected chi connectivity index (χ1v) is 12.2. The number of carbonyl (C=O) groups is 2. The van der Waals surface area contributed by atoms with Gasteiger partial charge in [0.1, 0.15) is 0 Å². The van der Waals surface area contributed by atoms with Gasteiger partial charge in [-0.2, -0.15) is 0 Å². The maximum atomic E-state index is 13.4. The van der Waals surface area contributed by atoms with Gasteiger partial charge in [0.25, 0.3) is 0 Å². The Bertz CT molecular complexity index is 924. The maximum Gasteiger partial charge on any atom is 0.228 e. The van der Waals surface area contributed by atoms with Crippen molar-refractivity contribution in [1.29, 1.82) is 0 Å². The Morgan fingerprint density at radius 2 is 1.84 bits per heavy atom. The summed E-state index contributed by atoms with van der Waals surface area (Å²) in [5.74, 6) is 0.825. The Morgan fingerprint density at radius 1 is 1.09 bits per heavy atom. The van der Waals surface area contributed by atoms with Gasteiger partial charge in [0, 0.05) is 38.4 Å². The van der Waals surface area contributed by atoms with Gasteiger partial charge in [-0.25, -0.2) is 0 Å². The molecule has 2 aromatic rings. The largest absolute Gasteiger partial charge is 0.356 e. The Labute approximate surface area is 191 Å². The predicted molar refractivity (Wildman–Crippen MR) is 127 cm³/mol. The van der Waals surface area contributed by atoms with E-state index in [1.165, 1.54) is 25.7 Å². The maximum absolute atomic E-state index is 13.4. The zero-order chi connectivity index (χ0) is 22.4. The minimum absolute atomic E-state index is 0.0721. The Balaban J connectivity index is 1.60. The smallest absolute Gasteiger partial charge is 0.228 e. The normalized spacial score (nSPS) is 21.5. The van der Waals surface area contributed by atoms with Crippen molar-refractivity contribution < 1.29 is 9.59 Å². The van der Waals surface area contributed by atoms with Crippen LogP contribution in [-0.2, 0) is 16.0 Å². The summed E-state index contributed by atoms with van der Waals surface area (Å²) in [6.45, 7) is 3.83. The van der Waals surface area contributed by atoms with Gasteiger partial charge in [-0.1, -0.05) is 37.1 Å². The molecule has 32 heavy (non-hydrogen) atoms. The minimum Gasteiger partial charge on any atom is -0.356 e. The zero-order valence-corrected chi connectivity index (χ0v) is 19.2. The molecular weight excluding hydrogens is 398 g/mol.